The van der Waals surface area contributed by atoms with Gasteiger partial charge in [-0.25, -0.2) is 4.79 Å². The number of methoxy groups -OCH3 is 1. The molecule has 6 heteroatoms. The van der Waals surface area contributed by atoms with Crippen LogP contribution in [0.1, 0.15) is 29.8 Å². The molecule has 28 heavy (non-hydrogen) atoms. The molecule has 0 spiro atoms. The van der Waals surface area contributed by atoms with E-state index in [9.17, 15) is 14.9 Å². The first kappa shape index (κ1) is 20.7. The molecule has 2 rings (SSSR count). The van der Waals surface area contributed by atoms with E-state index in [1.54, 1.807) is 24.3 Å². The van der Waals surface area contributed by atoms with Crippen LogP contribution in [-0.4, -0.2) is 32.1 Å². The van der Waals surface area contributed by atoms with Crippen molar-refractivity contribution in [1.82, 2.24) is 0 Å². The average molecular weight is 377 g/mol. The van der Waals surface area contributed by atoms with Crippen LogP contribution in [0.25, 0.3) is 6.08 Å². The van der Waals surface area contributed by atoms with Gasteiger partial charge in [0, 0.05) is 24.5 Å². The van der Waals surface area contributed by atoms with Crippen LogP contribution in [0.3, 0.4) is 0 Å². The number of hydrogen-bond donors (Lipinski definition) is 1. The normalized spacial score (nSPS) is 10.7. The monoisotopic (exact) mass is 377 g/mol. The van der Waals surface area contributed by atoms with Crippen molar-refractivity contribution in [1.29, 1.82) is 5.26 Å². The van der Waals surface area contributed by atoms with Gasteiger partial charge in [-0.1, -0.05) is 12.1 Å². The molecular formula is C22H23N3O3. The van der Waals surface area contributed by atoms with Gasteiger partial charge in [0.25, 0.3) is 5.91 Å². The van der Waals surface area contributed by atoms with Gasteiger partial charge in [0.15, 0.2) is 0 Å². The standard InChI is InChI=1S/C22H23N3O3/c1-4-25(5-2)20-12-10-19(11-13-20)24-21(26)18(15-23)14-16-6-8-17(9-7-16)22(27)28-3/h6-14H,4-5H2,1-3H3,(H,24,26)/b18-14-. The van der Waals surface area contributed by atoms with Crippen LogP contribution in [-0.2, 0) is 9.53 Å². The lowest BCUT2D eigenvalue weighted by Gasteiger charge is -2.21. The Kier molecular flexibility index (Phi) is 7.35. The second-order valence-electron chi connectivity index (χ2n) is 5.96. The van der Waals surface area contributed by atoms with Crippen molar-refractivity contribution in [3.63, 3.8) is 0 Å². The van der Waals surface area contributed by atoms with E-state index < -0.39 is 11.9 Å². The molecule has 2 aromatic carbocycles. The first-order valence-corrected chi connectivity index (χ1v) is 8.98. The summed E-state index contributed by atoms with van der Waals surface area (Å²) in [4.78, 5) is 26.1. The Bertz CT molecular complexity index is 890. The second-order valence-corrected chi connectivity index (χ2v) is 5.96. The Labute approximate surface area is 165 Å². The predicted octanol–water partition coefficient (Wildman–Crippen LogP) is 3.87. The van der Waals surface area contributed by atoms with Gasteiger partial charge in [-0.2, -0.15) is 5.26 Å². The Hall–Kier alpha value is -3.59. The summed E-state index contributed by atoms with van der Waals surface area (Å²) in [5.41, 5.74) is 2.69. The number of nitriles is 1. The Morgan fingerprint density at radius 1 is 1.07 bits per heavy atom. The predicted molar refractivity (Wildman–Crippen MR) is 110 cm³/mol. The fourth-order valence-electron chi connectivity index (χ4n) is 2.69. The molecule has 2 aromatic rings. The van der Waals surface area contributed by atoms with E-state index in [0.717, 1.165) is 18.8 Å². The third-order valence-corrected chi connectivity index (χ3v) is 4.26. The highest BCUT2D eigenvalue weighted by molar-refractivity contribution is 6.09. The Morgan fingerprint density at radius 2 is 1.68 bits per heavy atom. The molecule has 0 aliphatic heterocycles. The van der Waals surface area contributed by atoms with Crippen molar-refractivity contribution in [2.45, 2.75) is 13.8 Å². The minimum absolute atomic E-state index is 0.0290. The number of carbonyl (C=O) groups is 2. The summed E-state index contributed by atoms with van der Waals surface area (Å²) in [6.45, 7) is 5.97. The Morgan fingerprint density at radius 3 is 2.18 bits per heavy atom. The van der Waals surface area contributed by atoms with Crippen LogP contribution in [0.5, 0.6) is 0 Å². The molecule has 144 valence electrons. The number of amides is 1. The zero-order valence-electron chi connectivity index (χ0n) is 16.2. The number of hydrogen-bond acceptors (Lipinski definition) is 5. The summed E-state index contributed by atoms with van der Waals surface area (Å²) in [6, 6.07) is 15.9. The van der Waals surface area contributed by atoms with Gasteiger partial charge < -0.3 is 15.0 Å². The van der Waals surface area contributed by atoms with E-state index in [1.165, 1.54) is 13.2 Å². The third kappa shape index (κ3) is 5.21. The molecule has 0 aliphatic carbocycles. The highest BCUT2D eigenvalue weighted by atomic mass is 16.5. The Balaban J connectivity index is 2.12. The molecule has 0 aliphatic rings. The summed E-state index contributed by atoms with van der Waals surface area (Å²) in [5, 5.41) is 12.1. The third-order valence-electron chi connectivity index (χ3n) is 4.26. The van der Waals surface area contributed by atoms with E-state index in [1.807, 2.05) is 30.3 Å². The van der Waals surface area contributed by atoms with Gasteiger partial charge in [-0.05, 0) is 61.9 Å². The molecule has 0 bridgehead atoms. The lowest BCUT2D eigenvalue weighted by Crippen LogP contribution is -2.21. The maximum atomic E-state index is 12.4. The van der Waals surface area contributed by atoms with Gasteiger partial charge in [-0.3, -0.25) is 4.79 Å². The molecule has 0 saturated heterocycles. The van der Waals surface area contributed by atoms with E-state index in [4.69, 9.17) is 0 Å². The van der Waals surface area contributed by atoms with Crippen LogP contribution < -0.4 is 10.2 Å². The number of benzene rings is 2. The average Bonchev–Trinajstić information content (AvgIpc) is 2.73. The molecule has 0 heterocycles. The number of esters is 1. The number of nitrogens with zero attached hydrogens (tertiary/aromatic N) is 2. The highest BCUT2D eigenvalue weighted by Gasteiger charge is 2.11. The van der Waals surface area contributed by atoms with E-state index in [0.29, 0.717) is 16.8 Å². The highest BCUT2D eigenvalue weighted by Crippen LogP contribution is 2.18. The minimum Gasteiger partial charge on any atom is -0.465 e. The molecule has 1 N–H and O–H groups in total. The topological polar surface area (TPSA) is 82.4 Å². The summed E-state index contributed by atoms with van der Waals surface area (Å²) >= 11 is 0. The first-order valence-electron chi connectivity index (χ1n) is 8.98. The molecule has 0 saturated carbocycles. The van der Waals surface area contributed by atoms with Crippen LogP contribution in [0.15, 0.2) is 54.1 Å². The summed E-state index contributed by atoms with van der Waals surface area (Å²) in [6.07, 6.45) is 1.47. The quantitative estimate of drug-likeness (QED) is 0.450. The molecule has 0 radical (unpaired) electrons. The maximum Gasteiger partial charge on any atom is 0.337 e. The van der Waals surface area contributed by atoms with Crippen molar-refractivity contribution < 1.29 is 14.3 Å². The van der Waals surface area contributed by atoms with Crippen molar-refractivity contribution in [2.75, 3.05) is 30.4 Å². The minimum atomic E-state index is -0.491. The SMILES string of the molecule is CCN(CC)c1ccc(NC(=O)/C(C#N)=C\c2ccc(C(=O)OC)cc2)cc1. The van der Waals surface area contributed by atoms with Crippen molar-refractivity contribution in [3.8, 4) is 6.07 Å². The number of ether oxygens (including phenoxy) is 1. The summed E-state index contributed by atoms with van der Waals surface area (Å²) in [5.74, 6) is -0.933. The largest absolute Gasteiger partial charge is 0.465 e. The maximum absolute atomic E-state index is 12.4. The lowest BCUT2D eigenvalue weighted by atomic mass is 10.1. The summed E-state index contributed by atoms with van der Waals surface area (Å²) in [7, 11) is 1.31. The lowest BCUT2D eigenvalue weighted by molar-refractivity contribution is -0.112. The fraction of sp³-hybridized carbons (Fsp3) is 0.227. The van der Waals surface area contributed by atoms with E-state index >= 15 is 0 Å². The van der Waals surface area contributed by atoms with Crippen LogP contribution in [0, 0.1) is 11.3 Å². The molecule has 0 unspecified atom stereocenters. The number of nitrogens with one attached hydrogen (secondary N) is 1. The number of carbonyl (C=O) groups excluding carboxylic acids is 2. The van der Waals surface area contributed by atoms with E-state index in [2.05, 4.69) is 28.8 Å². The fourth-order valence-corrected chi connectivity index (χ4v) is 2.69. The van der Waals surface area contributed by atoms with Crippen molar-refractivity contribution >= 4 is 29.3 Å². The zero-order valence-corrected chi connectivity index (χ0v) is 16.2. The van der Waals surface area contributed by atoms with Crippen molar-refractivity contribution in [3.05, 3.63) is 65.2 Å². The van der Waals surface area contributed by atoms with Crippen LogP contribution in [0.4, 0.5) is 11.4 Å². The molecule has 0 atom stereocenters. The van der Waals surface area contributed by atoms with Gasteiger partial charge >= 0.3 is 5.97 Å². The van der Waals surface area contributed by atoms with Gasteiger partial charge in [0.1, 0.15) is 11.6 Å². The number of anilines is 2. The van der Waals surface area contributed by atoms with Crippen LogP contribution >= 0.6 is 0 Å². The summed E-state index contributed by atoms with van der Waals surface area (Å²) < 4.78 is 4.65. The van der Waals surface area contributed by atoms with E-state index in [-0.39, 0.29) is 5.57 Å². The molecule has 6 nitrogen and oxygen atoms in total. The van der Waals surface area contributed by atoms with Crippen molar-refractivity contribution in [2.24, 2.45) is 0 Å². The van der Waals surface area contributed by atoms with Gasteiger partial charge in [0.05, 0.1) is 12.7 Å². The molecule has 0 fully saturated rings. The van der Waals surface area contributed by atoms with Crippen LogP contribution in [0.2, 0.25) is 0 Å². The van der Waals surface area contributed by atoms with Gasteiger partial charge in [-0.15, -0.1) is 0 Å². The molecule has 1 amide bonds. The first-order chi connectivity index (χ1) is 13.5. The second kappa shape index (κ2) is 9.93. The van der Waals surface area contributed by atoms with Gasteiger partial charge in [0.2, 0.25) is 0 Å². The molecular weight excluding hydrogens is 354 g/mol. The molecule has 0 aromatic heterocycles. The number of rotatable bonds is 7. The smallest absolute Gasteiger partial charge is 0.337 e. The zero-order chi connectivity index (χ0) is 20.5.